The van der Waals surface area contributed by atoms with E-state index in [0.717, 1.165) is 12.1 Å². The SMILES string of the molecule is CCCCC1C(=N)C=C1CC. The Morgan fingerprint density at radius 1 is 1.45 bits per heavy atom. The fourth-order valence-corrected chi connectivity index (χ4v) is 1.60. The molecule has 0 amide bonds. The highest BCUT2D eigenvalue weighted by atomic mass is 14.5. The summed E-state index contributed by atoms with van der Waals surface area (Å²) in [6.07, 6.45) is 6.89. The van der Waals surface area contributed by atoms with Crippen molar-refractivity contribution in [3.05, 3.63) is 11.6 Å². The quantitative estimate of drug-likeness (QED) is 0.638. The summed E-state index contributed by atoms with van der Waals surface area (Å²) < 4.78 is 0. The van der Waals surface area contributed by atoms with Crippen LogP contribution in [0.25, 0.3) is 0 Å². The molecule has 0 saturated carbocycles. The molecule has 0 saturated heterocycles. The highest BCUT2D eigenvalue weighted by molar-refractivity contribution is 6.03. The Hall–Kier alpha value is -0.590. The molecular formula is C10H17N. The monoisotopic (exact) mass is 151 g/mol. The molecule has 0 aromatic carbocycles. The first-order valence-corrected chi connectivity index (χ1v) is 4.58. The lowest BCUT2D eigenvalue weighted by molar-refractivity contribution is 0.612. The predicted molar refractivity (Wildman–Crippen MR) is 49.1 cm³/mol. The Kier molecular flexibility index (Phi) is 2.86. The second-order valence-electron chi connectivity index (χ2n) is 3.22. The van der Waals surface area contributed by atoms with Crippen molar-refractivity contribution in [2.45, 2.75) is 39.5 Å². The maximum Gasteiger partial charge on any atom is 0.0385 e. The molecule has 0 bridgehead atoms. The molecule has 1 nitrogen and oxygen atoms in total. The molecule has 11 heavy (non-hydrogen) atoms. The Bertz CT molecular complexity index is 179. The number of rotatable bonds is 4. The highest BCUT2D eigenvalue weighted by Gasteiger charge is 2.24. The van der Waals surface area contributed by atoms with Gasteiger partial charge in [-0.1, -0.05) is 32.3 Å². The third-order valence-electron chi connectivity index (χ3n) is 2.42. The summed E-state index contributed by atoms with van der Waals surface area (Å²) in [5, 5.41) is 7.52. The lowest BCUT2D eigenvalue weighted by Gasteiger charge is -2.27. The summed E-state index contributed by atoms with van der Waals surface area (Å²) in [5.74, 6) is 0.528. The Morgan fingerprint density at radius 2 is 2.18 bits per heavy atom. The van der Waals surface area contributed by atoms with Gasteiger partial charge in [-0.25, -0.2) is 0 Å². The minimum atomic E-state index is 0.528. The topological polar surface area (TPSA) is 23.9 Å². The lowest BCUT2D eigenvalue weighted by Crippen LogP contribution is -2.23. The molecule has 1 atom stereocenters. The van der Waals surface area contributed by atoms with Gasteiger partial charge in [0.05, 0.1) is 0 Å². The highest BCUT2D eigenvalue weighted by Crippen LogP contribution is 2.30. The van der Waals surface area contributed by atoms with E-state index in [1.54, 1.807) is 0 Å². The van der Waals surface area contributed by atoms with Gasteiger partial charge < -0.3 is 5.41 Å². The van der Waals surface area contributed by atoms with Crippen molar-refractivity contribution in [2.75, 3.05) is 0 Å². The molecule has 1 aliphatic carbocycles. The largest absolute Gasteiger partial charge is 0.305 e. The minimum Gasteiger partial charge on any atom is -0.305 e. The van der Waals surface area contributed by atoms with E-state index in [0.29, 0.717) is 5.92 Å². The van der Waals surface area contributed by atoms with Crippen molar-refractivity contribution in [3.63, 3.8) is 0 Å². The number of hydrogen-bond donors (Lipinski definition) is 1. The van der Waals surface area contributed by atoms with Gasteiger partial charge in [0.2, 0.25) is 0 Å². The Balaban J connectivity index is 2.36. The van der Waals surface area contributed by atoms with Crippen molar-refractivity contribution >= 4 is 5.71 Å². The van der Waals surface area contributed by atoms with Crippen LogP contribution in [-0.4, -0.2) is 5.71 Å². The van der Waals surface area contributed by atoms with Crippen molar-refractivity contribution in [1.29, 1.82) is 5.41 Å². The first kappa shape index (κ1) is 8.51. The van der Waals surface area contributed by atoms with E-state index < -0.39 is 0 Å². The van der Waals surface area contributed by atoms with Gasteiger partial charge in [0.15, 0.2) is 0 Å². The second kappa shape index (κ2) is 3.70. The van der Waals surface area contributed by atoms with Gasteiger partial charge >= 0.3 is 0 Å². The molecule has 1 heteroatoms. The summed E-state index contributed by atoms with van der Waals surface area (Å²) in [7, 11) is 0. The van der Waals surface area contributed by atoms with Crippen molar-refractivity contribution in [1.82, 2.24) is 0 Å². The summed E-state index contributed by atoms with van der Waals surface area (Å²) in [6, 6.07) is 0. The molecule has 0 radical (unpaired) electrons. The third kappa shape index (κ3) is 1.70. The fourth-order valence-electron chi connectivity index (χ4n) is 1.60. The molecule has 1 unspecified atom stereocenters. The maximum atomic E-state index is 7.52. The van der Waals surface area contributed by atoms with Crippen LogP contribution in [0.15, 0.2) is 11.6 Å². The second-order valence-corrected chi connectivity index (χ2v) is 3.22. The molecule has 1 rings (SSSR count). The van der Waals surface area contributed by atoms with E-state index in [9.17, 15) is 0 Å². The normalized spacial score (nSPS) is 22.9. The molecular weight excluding hydrogens is 134 g/mol. The van der Waals surface area contributed by atoms with Crippen LogP contribution < -0.4 is 0 Å². The number of unbranched alkanes of at least 4 members (excludes halogenated alkanes) is 1. The third-order valence-corrected chi connectivity index (χ3v) is 2.42. The summed E-state index contributed by atoms with van der Waals surface area (Å²) in [6.45, 7) is 4.38. The van der Waals surface area contributed by atoms with Crippen LogP contribution in [0.4, 0.5) is 0 Å². The van der Waals surface area contributed by atoms with E-state index >= 15 is 0 Å². The van der Waals surface area contributed by atoms with Gasteiger partial charge in [-0.15, -0.1) is 0 Å². The van der Waals surface area contributed by atoms with E-state index in [1.807, 2.05) is 6.08 Å². The van der Waals surface area contributed by atoms with E-state index in [2.05, 4.69) is 13.8 Å². The average Bonchev–Trinajstić information content (AvgIpc) is 2.00. The van der Waals surface area contributed by atoms with Crippen LogP contribution in [0.5, 0.6) is 0 Å². The summed E-state index contributed by atoms with van der Waals surface area (Å²) in [4.78, 5) is 0. The molecule has 0 spiro atoms. The number of hydrogen-bond acceptors (Lipinski definition) is 1. The average molecular weight is 151 g/mol. The van der Waals surface area contributed by atoms with E-state index in [4.69, 9.17) is 5.41 Å². The van der Waals surface area contributed by atoms with Crippen LogP contribution in [0, 0.1) is 11.3 Å². The van der Waals surface area contributed by atoms with Crippen LogP contribution in [-0.2, 0) is 0 Å². The maximum absolute atomic E-state index is 7.52. The van der Waals surface area contributed by atoms with Gasteiger partial charge in [0, 0.05) is 11.6 Å². The van der Waals surface area contributed by atoms with Gasteiger partial charge in [0.25, 0.3) is 0 Å². The molecule has 0 fully saturated rings. The Labute approximate surface area is 69.0 Å². The predicted octanol–water partition coefficient (Wildman–Crippen LogP) is 3.16. The zero-order valence-electron chi connectivity index (χ0n) is 7.48. The van der Waals surface area contributed by atoms with Crippen molar-refractivity contribution < 1.29 is 0 Å². The zero-order chi connectivity index (χ0) is 8.27. The van der Waals surface area contributed by atoms with Crippen LogP contribution in [0.1, 0.15) is 39.5 Å². The standard InChI is InChI=1S/C10H17N/c1-3-5-6-9-8(4-2)7-10(9)11/h7,9,11H,3-6H2,1-2H3. The van der Waals surface area contributed by atoms with Gasteiger partial charge in [-0.3, -0.25) is 0 Å². The first-order valence-electron chi connectivity index (χ1n) is 4.58. The Morgan fingerprint density at radius 3 is 2.64 bits per heavy atom. The van der Waals surface area contributed by atoms with Crippen molar-refractivity contribution in [2.24, 2.45) is 5.92 Å². The summed E-state index contributed by atoms with van der Waals surface area (Å²) in [5.41, 5.74) is 2.35. The van der Waals surface area contributed by atoms with Crippen molar-refractivity contribution in [3.8, 4) is 0 Å². The molecule has 62 valence electrons. The van der Waals surface area contributed by atoms with Gasteiger partial charge in [-0.05, 0) is 18.9 Å². The lowest BCUT2D eigenvalue weighted by atomic mass is 9.78. The van der Waals surface area contributed by atoms with Crippen LogP contribution >= 0.6 is 0 Å². The minimum absolute atomic E-state index is 0.528. The van der Waals surface area contributed by atoms with Gasteiger partial charge in [0.1, 0.15) is 0 Å². The smallest absolute Gasteiger partial charge is 0.0385 e. The fraction of sp³-hybridized carbons (Fsp3) is 0.700. The van der Waals surface area contributed by atoms with E-state index in [1.165, 1.54) is 24.8 Å². The molecule has 0 aromatic rings. The van der Waals surface area contributed by atoms with Crippen LogP contribution in [0.3, 0.4) is 0 Å². The zero-order valence-corrected chi connectivity index (χ0v) is 7.48. The molecule has 0 heterocycles. The molecule has 0 aliphatic heterocycles. The number of nitrogens with one attached hydrogen (secondary N) is 1. The van der Waals surface area contributed by atoms with Gasteiger partial charge in [-0.2, -0.15) is 0 Å². The first-order chi connectivity index (χ1) is 5.29. The molecule has 1 aliphatic rings. The van der Waals surface area contributed by atoms with Crippen LogP contribution in [0.2, 0.25) is 0 Å². The summed E-state index contributed by atoms with van der Waals surface area (Å²) >= 11 is 0. The molecule has 0 aromatic heterocycles. The van der Waals surface area contributed by atoms with E-state index in [-0.39, 0.29) is 0 Å². The number of allylic oxidation sites excluding steroid dienone is 2. The molecule has 1 N–H and O–H groups in total.